The number of rotatable bonds is 9. The maximum atomic E-state index is 6.01. The van der Waals surface area contributed by atoms with E-state index in [1.54, 1.807) is 0 Å². The van der Waals surface area contributed by atoms with Crippen LogP contribution in [0.4, 0.5) is 0 Å². The Morgan fingerprint density at radius 2 is 1.71 bits per heavy atom. The van der Waals surface area contributed by atoms with Crippen LogP contribution in [-0.2, 0) is 4.74 Å². The summed E-state index contributed by atoms with van der Waals surface area (Å²) in [5.41, 5.74) is 0. The van der Waals surface area contributed by atoms with Crippen molar-refractivity contribution in [2.75, 3.05) is 6.61 Å². The maximum absolute atomic E-state index is 6.01. The number of halogens is 3. The van der Waals surface area contributed by atoms with Gasteiger partial charge in [-0.25, -0.2) is 0 Å². The molecule has 0 aromatic heterocycles. The van der Waals surface area contributed by atoms with E-state index in [1.807, 2.05) is 0 Å². The summed E-state index contributed by atoms with van der Waals surface area (Å²) in [7, 11) is 0. The highest BCUT2D eigenvalue weighted by atomic mass is 35.6. The Morgan fingerprint density at radius 1 is 1.12 bits per heavy atom. The molecule has 17 heavy (non-hydrogen) atoms. The third-order valence-electron chi connectivity index (χ3n) is 3.32. The Hall–Kier alpha value is 0.830. The topological polar surface area (TPSA) is 12.5 Å². The zero-order valence-electron chi connectivity index (χ0n) is 10.6. The van der Waals surface area contributed by atoms with Gasteiger partial charge in [-0.3, -0.25) is 0 Å². The van der Waals surface area contributed by atoms with Crippen LogP contribution in [0.15, 0.2) is 0 Å². The fraction of sp³-hybridized carbons (Fsp3) is 1.00. The van der Waals surface area contributed by atoms with Gasteiger partial charge in [0.2, 0.25) is 0 Å². The highest BCUT2D eigenvalue weighted by molar-refractivity contribution is 6.67. The van der Waals surface area contributed by atoms with Crippen molar-refractivity contribution in [2.24, 2.45) is 5.92 Å². The lowest BCUT2D eigenvalue weighted by Crippen LogP contribution is -2.21. The molecule has 0 bridgehead atoms. The average molecular weight is 302 g/mol. The zero-order chi connectivity index (χ0) is 12.7. The predicted octanol–water partition coefficient (Wildman–Crippen LogP) is 5.51. The molecule has 1 saturated heterocycles. The first-order valence-electron chi connectivity index (χ1n) is 6.72. The summed E-state index contributed by atoms with van der Waals surface area (Å²) in [6.07, 6.45) is 9.92. The van der Waals surface area contributed by atoms with Gasteiger partial charge in [-0.2, -0.15) is 0 Å². The molecule has 0 aliphatic carbocycles. The van der Waals surface area contributed by atoms with Crippen molar-refractivity contribution in [3.63, 3.8) is 0 Å². The minimum Gasteiger partial charge on any atom is -0.373 e. The molecule has 0 N–H and O–H groups in total. The second-order valence-corrected chi connectivity index (χ2v) is 7.35. The molecule has 1 aliphatic rings. The Labute approximate surface area is 120 Å². The van der Waals surface area contributed by atoms with Crippen molar-refractivity contribution >= 4 is 34.8 Å². The van der Waals surface area contributed by atoms with E-state index >= 15 is 0 Å². The van der Waals surface area contributed by atoms with Gasteiger partial charge in [-0.15, -0.1) is 0 Å². The van der Waals surface area contributed by atoms with Gasteiger partial charge in [0.1, 0.15) is 0 Å². The third kappa shape index (κ3) is 7.77. The molecule has 0 saturated carbocycles. The van der Waals surface area contributed by atoms with Crippen LogP contribution in [0.1, 0.15) is 58.3 Å². The smallest absolute Gasteiger partial charge is 0.193 e. The second kappa shape index (κ2) is 8.09. The van der Waals surface area contributed by atoms with Gasteiger partial charge >= 0.3 is 0 Å². The molecule has 0 aromatic carbocycles. The molecular weight excluding hydrogens is 279 g/mol. The summed E-state index contributed by atoms with van der Waals surface area (Å²) >= 11 is 18.0. The number of unbranched alkanes of at least 4 members (excludes halogenated alkanes) is 5. The molecule has 1 heterocycles. The number of hydrogen-bond acceptors (Lipinski definition) is 1. The largest absolute Gasteiger partial charge is 0.373 e. The molecule has 1 rings (SSSR count). The van der Waals surface area contributed by atoms with Crippen molar-refractivity contribution in [1.82, 2.24) is 0 Å². The molecule has 0 amide bonds. The van der Waals surface area contributed by atoms with Crippen molar-refractivity contribution in [1.29, 1.82) is 0 Å². The van der Waals surface area contributed by atoms with E-state index in [-0.39, 0.29) is 5.92 Å². The Morgan fingerprint density at radius 3 is 2.24 bits per heavy atom. The zero-order valence-corrected chi connectivity index (χ0v) is 12.8. The lowest BCUT2D eigenvalue weighted by Gasteiger charge is -2.23. The quantitative estimate of drug-likeness (QED) is 0.311. The van der Waals surface area contributed by atoms with Crippen molar-refractivity contribution in [3.05, 3.63) is 0 Å². The second-order valence-electron chi connectivity index (χ2n) is 4.99. The third-order valence-corrected chi connectivity index (χ3v) is 4.24. The minimum atomic E-state index is -1.13. The lowest BCUT2D eigenvalue weighted by molar-refractivity contribution is 0.337. The van der Waals surface area contributed by atoms with Crippen LogP contribution in [0.25, 0.3) is 0 Å². The van der Waals surface area contributed by atoms with E-state index < -0.39 is 3.79 Å². The van der Waals surface area contributed by atoms with Crippen molar-refractivity contribution in [2.45, 2.75) is 68.2 Å². The summed E-state index contributed by atoms with van der Waals surface area (Å²) in [5.74, 6) is 0.145. The summed E-state index contributed by atoms with van der Waals surface area (Å²) in [6, 6.07) is 0. The van der Waals surface area contributed by atoms with E-state index in [9.17, 15) is 0 Å². The molecule has 0 spiro atoms. The highest BCUT2D eigenvalue weighted by Crippen LogP contribution is 2.42. The summed E-state index contributed by atoms with van der Waals surface area (Å²) in [6.45, 7) is 3.07. The van der Waals surface area contributed by atoms with Gasteiger partial charge in [-0.05, 0) is 12.8 Å². The Bertz CT molecular complexity index is 199. The van der Waals surface area contributed by atoms with Gasteiger partial charge in [0, 0.05) is 5.92 Å². The van der Waals surface area contributed by atoms with Crippen molar-refractivity contribution in [3.8, 4) is 0 Å². The first-order valence-corrected chi connectivity index (χ1v) is 7.85. The van der Waals surface area contributed by atoms with Crippen LogP contribution >= 0.6 is 34.8 Å². The van der Waals surface area contributed by atoms with Crippen LogP contribution in [0.2, 0.25) is 0 Å². The maximum Gasteiger partial charge on any atom is 0.193 e. The van der Waals surface area contributed by atoms with Gasteiger partial charge < -0.3 is 4.74 Å². The summed E-state index contributed by atoms with van der Waals surface area (Å²) in [5, 5.41) is 0. The average Bonchev–Trinajstić information content (AvgIpc) is 3.03. The standard InChI is InChI=1S/C13H23Cl3O/c1-2-3-4-5-6-7-8-11(13(14,15)16)9-12-10-17-12/h11-12H,2-10H2,1H3. The number of epoxide rings is 1. The monoisotopic (exact) mass is 300 g/mol. The van der Waals surface area contributed by atoms with E-state index in [1.165, 1.54) is 32.1 Å². The lowest BCUT2D eigenvalue weighted by atomic mass is 9.97. The molecule has 1 nitrogen and oxygen atoms in total. The fourth-order valence-electron chi connectivity index (χ4n) is 2.11. The van der Waals surface area contributed by atoms with Crippen LogP contribution in [-0.4, -0.2) is 16.5 Å². The van der Waals surface area contributed by atoms with Gasteiger partial charge in [0.15, 0.2) is 3.79 Å². The van der Waals surface area contributed by atoms with E-state index in [4.69, 9.17) is 39.5 Å². The van der Waals surface area contributed by atoms with E-state index in [0.29, 0.717) is 6.10 Å². The molecule has 1 fully saturated rings. The molecule has 0 radical (unpaired) electrons. The van der Waals surface area contributed by atoms with Gasteiger partial charge in [0.25, 0.3) is 0 Å². The Kier molecular flexibility index (Phi) is 7.56. The van der Waals surface area contributed by atoms with Gasteiger partial charge in [-0.1, -0.05) is 80.3 Å². The van der Waals surface area contributed by atoms with Crippen molar-refractivity contribution < 1.29 is 4.74 Å². The predicted molar refractivity (Wildman–Crippen MR) is 76.1 cm³/mol. The highest BCUT2D eigenvalue weighted by Gasteiger charge is 2.37. The van der Waals surface area contributed by atoms with Crippen LogP contribution < -0.4 is 0 Å². The van der Waals surface area contributed by atoms with Gasteiger partial charge in [0.05, 0.1) is 12.7 Å². The van der Waals surface area contributed by atoms with E-state index in [0.717, 1.165) is 25.9 Å². The Balaban J connectivity index is 2.10. The molecule has 2 atom stereocenters. The molecule has 0 aromatic rings. The number of ether oxygens (including phenoxy) is 1. The first kappa shape index (κ1) is 15.9. The summed E-state index contributed by atoms with van der Waals surface area (Å²) < 4.78 is 4.09. The molecular formula is C13H23Cl3O. The van der Waals surface area contributed by atoms with E-state index in [2.05, 4.69) is 6.92 Å². The fourth-order valence-corrected chi connectivity index (χ4v) is 2.70. The number of alkyl halides is 3. The summed E-state index contributed by atoms with van der Waals surface area (Å²) in [4.78, 5) is 0. The molecule has 2 unspecified atom stereocenters. The minimum absolute atomic E-state index is 0.145. The first-order chi connectivity index (χ1) is 8.04. The van der Waals surface area contributed by atoms with Crippen LogP contribution in [0.5, 0.6) is 0 Å². The van der Waals surface area contributed by atoms with Crippen LogP contribution in [0, 0.1) is 5.92 Å². The number of hydrogen-bond donors (Lipinski definition) is 0. The van der Waals surface area contributed by atoms with Crippen LogP contribution in [0.3, 0.4) is 0 Å². The molecule has 102 valence electrons. The molecule has 1 aliphatic heterocycles. The SMILES string of the molecule is CCCCCCCCC(CC1CO1)C(Cl)(Cl)Cl. The normalized spacial score (nSPS) is 21.5. The molecule has 4 heteroatoms.